The van der Waals surface area contributed by atoms with Crippen LogP contribution in [-0.2, 0) is 13.0 Å². The van der Waals surface area contributed by atoms with Crippen LogP contribution in [0.2, 0.25) is 5.02 Å². The summed E-state index contributed by atoms with van der Waals surface area (Å²) in [6.07, 6.45) is 23.9. The maximum Gasteiger partial charge on any atom is 0.251 e. The zero-order valence-corrected chi connectivity index (χ0v) is 25.7. The molecule has 0 bridgehead atoms. The summed E-state index contributed by atoms with van der Waals surface area (Å²) in [6.45, 7) is 3.93. The van der Waals surface area contributed by atoms with E-state index >= 15 is 0 Å². The maximum atomic E-state index is 12.4. The fourth-order valence-electron chi connectivity index (χ4n) is 5.56. The van der Waals surface area contributed by atoms with E-state index in [0.29, 0.717) is 17.1 Å². The summed E-state index contributed by atoms with van der Waals surface area (Å²) in [6, 6.07) is 15.5. The molecule has 0 saturated carbocycles. The molecule has 0 fully saturated rings. The monoisotopic (exact) mass is 565 g/mol. The highest BCUT2D eigenvalue weighted by molar-refractivity contribution is 6.30. The molecule has 1 amide bonds. The van der Waals surface area contributed by atoms with Gasteiger partial charge in [0.15, 0.2) is 0 Å². The fourth-order valence-corrected chi connectivity index (χ4v) is 5.75. The van der Waals surface area contributed by atoms with Gasteiger partial charge >= 0.3 is 0 Å². The van der Waals surface area contributed by atoms with Gasteiger partial charge in [-0.25, -0.2) is 4.98 Å². The van der Waals surface area contributed by atoms with Crippen LogP contribution in [0.3, 0.4) is 0 Å². The van der Waals surface area contributed by atoms with Crippen LogP contribution < -0.4 is 5.32 Å². The van der Waals surface area contributed by atoms with Gasteiger partial charge in [-0.05, 0) is 43.2 Å². The number of para-hydroxylation sites is 2. The Morgan fingerprint density at radius 1 is 0.750 bits per heavy atom. The predicted octanol–water partition coefficient (Wildman–Crippen LogP) is 10.3. The number of benzene rings is 2. The second-order valence-corrected chi connectivity index (χ2v) is 11.8. The van der Waals surface area contributed by atoms with Crippen LogP contribution in [0.5, 0.6) is 0 Å². The van der Waals surface area contributed by atoms with Crippen LogP contribution in [0, 0.1) is 0 Å². The third-order valence-corrected chi connectivity index (χ3v) is 8.15. The minimum absolute atomic E-state index is 0.0795. The Kier molecular flexibility index (Phi) is 15.8. The molecule has 0 spiro atoms. The number of hydrogen-bond donors (Lipinski definition) is 1. The Balaban J connectivity index is 1.27. The van der Waals surface area contributed by atoms with Gasteiger partial charge in [0.25, 0.3) is 5.91 Å². The third-order valence-electron chi connectivity index (χ3n) is 7.92. The molecule has 3 rings (SSSR count). The van der Waals surface area contributed by atoms with Crippen molar-refractivity contribution in [3.63, 3.8) is 0 Å². The van der Waals surface area contributed by atoms with Gasteiger partial charge in [0.1, 0.15) is 5.82 Å². The number of nitrogens with zero attached hydrogens (tertiary/aromatic N) is 2. The number of nitrogens with one attached hydrogen (secondary N) is 1. The number of carbonyl (C=O) groups excluding carboxylic acids is 1. The fraction of sp³-hybridized carbons (Fsp3) is 0.600. The van der Waals surface area contributed by atoms with Crippen molar-refractivity contribution in [3.05, 3.63) is 64.9 Å². The number of carbonyl (C=O) groups is 1. The summed E-state index contributed by atoms with van der Waals surface area (Å²) in [5, 5.41) is 3.60. The minimum atomic E-state index is -0.0795. The SMILES string of the molecule is CCCCCCCCCCCCCCCCCCn1c(CCCNC(=O)c2cccc(Cl)c2)nc2ccccc21. The van der Waals surface area contributed by atoms with E-state index in [4.69, 9.17) is 16.6 Å². The molecule has 1 heterocycles. The van der Waals surface area contributed by atoms with Crippen molar-refractivity contribution in [2.24, 2.45) is 0 Å². The van der Waals surface area contributed by atoms with Gasteiger partial charge in [-0.1, -0.05) is 133 Å². The van der Waals surface area contributed by atoms with Gasteiger partial charge in [-0.15, -0.1) is 0 Å². The number of hydrogen-bond acceptors (Lipinski definition) is 2. The van der Waals surface area contributed by atoms with Gasteiger partial charge in [-0.3, -0.25) is 4.79 Å². The molecule has 40 heavy (non-hydrogen) atoms. The number of aryl methyl sites for hydroxylation is 2. The van der Waals surface area contributed by atoms with E-state index in [1.54, 1.807) is 24.3 Å². The highest BCUT2D eigenvalue weighted by atomic mass is 35.5. The van der Waals surface area contributed by atoms with E-state index in [1.807, 2.05) is 0 Å². The van der Waals surface area contributed by atoms with Crippen molar-refractivity contribution in [3.8, 4) is 0 Å². The zero-order valence-electron chi connectivity index (χ0n) is 24.9. The summed E-state index contributed by atoms with van der Waals surface area (Å²) >= 11 is 6.02. The molecule has 0 atom stereocenters. The number of fused-ring (bicyclic) bond motifs is 1. The number of rotatable bonds is 22. The summed E-state index contributed by atoms with van der Waals surface area (Å²) in [5.74, 6) is 1.04. The molecule has 220 valence electrons. The van der Waals surface area contributed by atoms with Crippen LogP contribution in [0.1, 0.15) is 132 Å². The number of amides is 1. The number of halogens is 1. The number of aromatic nitrogens is 2. The third kappa shape index (κ3) is 12.0. The lowest BCUT2D eigenvalue weighted by Gasteiger charge is -2.10. The van der Waals surface area contributed by atoms with Crippen molar-refractivity contribution in [1.29, 1.82) is 0 Å². The Morgan fingerprint density at radius 3 is 1.98 bits per heavy atom. The summed E-state index contributed by atoms with van der Waals surface area (Å²) in [4.78, 5) is 17.3. The molecule has 0 unspecified atom stereocenters. The molecule has 0 radical (unpaired) electrons. The molecule has 3 aromatic rings. The van der Waals surface area contributed by atoms with Crippen molar-refractivity contribution in [1.82, 2.24) is 14.9 Å². The van der Waals surface area contributed by atoms with Crippen LogP contribution >= 0.6 is 11.6 Å². The highest BCUT2D eigenvalue weighted by Crippen LogP contribution is 2.19. The first kappa shape index (κ1) is 32.2. The van der Waals surface area contributed by atoms with Crippen LogP contribution in [-0.4, -0.2) is 22.0 Å². The highest BCUT2D eigenvalue weighted by Gasteiger charge is 2.11. The van der Waals surface area contributed by atoms with Crippen LogP contribution in [0.15, 0.2) is 48.5 Å². The van der Waals surface area contributed by atoms with E-state index in [9.17, 15) is 4.79 Å². The first-order valence-corrected chi connectivity index (χ1v) is 16.5. The largest absolute Gasteiger partial charge is 0.352 e. The summed E-state index contributed by atoms with van der Waals surface area (Å²) in [5.41, 5.74) is 2.89. The second kappa shape index (κ2) is 19.7. The molecule has 0 aliphatic heterocycles. The van der Waals surface area contributed by atoms with E-state index in [1.165, 1.54) is 108 Å². The quantitative estimate of drug-likeness (QED) is 0.123. The van der Waals surface area contributed by atoms with E-state index in [-0.39, 0.29) is 5.91 Å². The Bertz CT molecular complexity index is 1110. The molecule has 2 aromatic carbocycles. The molecule has 4 nitrogen and oxygen atoms in total. The lowest BCUT2D eigenvalue weighted by molar-refractivity contribution is 0.0953. The molecular weight excluding hydrogens is 514 g/mol. The topological polar surface area (TPSA) is 46.9 Å². The van der Waals surface area contributed by atoms with Gasteiger partial charge in [0.05, 0.1) is 11.0 Å². The normalized spacial score (nSPS) is 11.3. The van der Waals surface area contributed by atoms with E-state index < -0.39 is 0 Å². The van der Waals surface area contributed by atoms with Crippen molar-refractivity contribution in [2.75, 3.05) is 6.54 Å². The van der Waals surface area contributed by atoms with Crippen molar-refractivity contribution < 1.29 is 4.79 Å². The van der Waals surface area contributed by atoms with Gasteiger partial charge in [-0.2, -0.15) is 0 Å². The Hall–Kier alpha value is -2.33. The standard InChI is InChI=1S/C35H52ClN3O/c1-2-3-4-5-6-7-8-9-10-11-12-13-14-15-16-19-28-39-33-25-18-17-24-32(33)38-34(39)26-21-27-37-35(40)30-22-20-23-31(36)29-30/h17-18,20,22-25,29H,2-16,19,21,26-28H2,1H3,(H,37,40). The Morgan fingerprint density at radius 2 is 1.35 bits per heavy atom. The number of unbranched alkanes of at least 4 members (excludes halogenated alkanes) is 15. The minimum Gasteiger partial charge on any atom is -0.352 e. The van der Waals surface area contributed by atoms with Crippen molar-refractivity contribution in [2.45, 2.75) is 129 Å². The summed E-state index contributed by atoms with van der Waals surface area (Å²) in [7, 11) is 0. The smallest absolute Gasteiger partial charge is 0.251 e. The van der Waals surface area contributed by atoms with Crippen LogP contribution in [0.4, 0.5) is 0 Å². The molecule has 0 saturated heterocycles. The van der Waals surface area contributed by atoms with E-state index in [2.05, 4.69) is 41.1 Å². The van der Waals surface area contributed by atoms with Crippen LogP contribution in [0.25, 0.3) is 11.0 Å². The lowest BCUT2D eigenvalue weighted by atomic mass is 10.0. The van der Waals surface area contributed by atoms with Gasteiger partial charge in [0, 0.05) is 30.1 Å². The lowest BCUT2D eigenvalue weighted by Crippen LogP contribution is -2.25. The number of imidazole rings is 1. The Labute approximate surface area is 248 Å². The van der Waals surface area contributed by atoms with Crippen molar-refractivity contribution >= 4 is 28.5 Å². The van der Waals surface area contributed by atoms with Gasteiger partial charge in [0.2, 0.25) is 0 Å². The molecular formula is C35H52ClN3O. The average Bonchev–Trinajstić information content (AvgIpc) is 3.32. The molecule has 1 aromatic heterocycles. The predicted molar refractivity (Wildman–Crippen MR) is 171 cm³/mol. The first-order valence-electron chi connectivity index (χ1n) is 16.2. The van der Waals surface area contributed by atoms with E-state index in [0.717, 1.165) is 30.7 Å². The van der Waals surface area contributed by atoms with Gasteiger partial charge < -0.3 is 9.88 Å². The molecule has 5 heteroatoms. The zero-order chi connectivity index (χ0) is 28.3. The molecule has 0 aliphatic rings. The molecule has 1 N–H and O–H groups in total. The maximum absolute atomic E-state index is 12.4. The summed E-state index contributed by atoms with van der Waals surface area (Å²) < 4.78 is 2.40. The average molecular weight is 566 g/mol. The molecule has 0 aliphatic carbocycles. The first-order chi connectivity index (χ1) is 19.7. The second-order valence-electron chi connectivity index (χ2n) is 11.3.